The Morgan fingerprint density at radius 1 is 1.25 bits per heavy atom. The summed E-state index contributed by atoms with van der Waals surface area (Å²) in [7, 11) is 0. The van der Waals surface area contributed by atoms with Gasteiger partial charge in [-0.3, -0.25) is 0 Å². The van der Waals surface area contributed by atoms with Crippen molar-refractivity contribution in [2.45, 2.75) is 25.0 Å². The first-order valence-electron chi connectivity index (χ1n) is 7.76. The standard InChI is InChI=1S/C17H19NO3S3/c1-3-20-16(19)15-11(2)18-14(24-15)10-21-13-6-4-12(5-7-13)17-22-8-9-23-17/h4-7,17H,3,8-10H2,1-2H3. The molecule has 0 spiro atoms. The van der Waals surface area contributed by atoms with E-state index in [1.54, 1.807) is 6.92 Å². The highest BCUT2D eigenvalue weighted by Crippen LogP contribution is 2.45. The van der Waals surface area contributed by atoms with Gasteiger partial charge in [-0.1, -0.05) is 12.1 Å². The molecule has 0 N–H and O–H groups in total. The van der Waals surface area contributed by atoms with Gasteiger partial charge in [0.2, 0.25) is 0 Å². The zero-order valence-electron chi connectivity index (χ0n) is 13.6. The number of nitrogens with zero attached hydrogens (tertiary/aromatic N) is 1. The summed E-state index contributed by atoms with van der Waals surface area (Å²) in [5, 5.41) is 0.779. The minimum absolute atomic E-state index is 0.310. The molecule has 1 saturated heterocycles. The van der Waals surface area contributed by atoms with Crippen molar-refractivity contribution in [3.63, 3.8) is 0 Å². The van der Waals surface area contributed by atoms with Gasteiger partial charge < -0.3 is 9.47 Å². The van der Waals surface area contributed by atoms with Crippen LogP contribution < -0.4 is 4.74 Å². The fourth-order valence-electron chi connectivity index (χ4n) is 2.32. The molecule has 1 aromatic carbocycles. The maximum atomic E-state index is 11.8. The van der Waals surface area contributed by atoms with Crippen LogP contribution in [-0.4, -0.2) is 29.1 Å². The molecule has 128 valence electrons. The monoisotopic (exact) mass is 381 g/mol. The largest absolute Gasteiger partial charge is 0.486 e. The SMILES string of the molecule is CCOC(=O)c1sc(COc2ccc(C3SCCS3)cc2)nc1C. The molecule has 7 heteroatoms. The number of hydrogen-bond acceptors (Lipinski definition) is 7. The zero-order valence-corrected chi connectivity index (χ0v) is 16.1. The third kappa shape index (κ3) is 4.26. The molecule has 0 aliphatic carbocycles. The first kappa shape index (κ1) is 17.6. The lowest BCUT2D eigenvalue weighted by atomic mass is 10.2. The van der Waals surface area contributed by atoms with Gasteiger partial charge in [-0.15, -0.1) is 34.9 Å². The van der Waals surface area contributed by atoms with Crippen LogP contribution in [0.15, 0.2) is 24.3 Å². The number of thioether (sulfide) groups is 2. The molecule has 0 radical (unpaired) electrons. The average Bonchev–Trinajstić information content (AvgIpc) is 3.23. The maximum absolute atomic E-state index is 11.8. The Labute approximate surface area is 154 Å². The van der Waals surface area contributed by atoms with Crippen molar-refractivity contribution in [2.24, 2.45) is 0 Å². The number of carbonyl (C=O) groups is 1. The van der Waals surface area contributed by atoms with E-state index in [1.165, 1.54) is 28.4 Å². The number of carbonyl (C=O) groups excluding carboxylic acids is 1. The van der Waals surface area contributed by atoms with Gasteiger partial charge in [-0.25, -0.2) is 9.78 Å². The predicted octanol–water partition coefficient (Wildman–Crippen LogP) is 4.69. The van der Waals surface area contributed by atoms with Crippen LogP contribution in [0.1, 0.15) is 37.4 Å². The van der Waals surface area contributed by atoms with Gasteiger partial charge in [0.25, 0.3) is 0 Å². The van der Waals surface area contributed by atoms with E-state index >= 15 is 0 Å². The molecular weight excluding hydrogens is 362 g/mol. The van der Waals surface area contributed by atoms with E-state index < -0.39 is 0 Å². The van der Waals surface area contributed by atoms with E-state index in [9.17, 15) is 4.79 Å². The molecule has 1 fully saturated rings. The van der Waals surface area contributed by atoms with Crippen LogP contribution in [0.2, 0.25) is 0 Å². The second-order valence-electron chi connectivity index (χ2n) is 5.17. The second kappa shape index (κ2) is 8.27. The minimum Gasteiger partial charge on any atom is -0.486 e. The zero-order chi connectivity index (χ0) is 16.9. The van der Waals surface area contributed by atoms with Crippen molar-refractivity contribution >= 4 is 40.8 Å². The van der Waals surface area contributed by atoms with E-state index in [2.05, 4.69) is 17.1 Å². The minimum atomic E-state index is -0.310. The van der Waals surface area contributed by atoms with Crippen molar-refractivity contribution in [1.82, 2.24) is 4.98 Å². The van der Waals surface area contributed by atoms with Crippen LogP contribution in [0.5, 0.6) is 5.75 Å². The Morgan fingerprint density at radius 2 is 1.96 bits per heavy atom. The van der Waals surface area contributed by atoms with Gasteiger partial charge in [0, 0.05) is 11.5 Å². The molecule has 0 atom stereocenters. The summed E-state index contributed by atoms with van der Waals surface area (Å²) in [4.78, 5) is 16.8. The Balaban J connectivity index is 1.59. The van der Waals surface area contributed by atoms with E-state index in [0.717, 1.165) is 10.8 Å². The van der Waals surface area contributed by atoms with Crippen LogP contribution in [0.3, 0.4) is 0 Å². The van der Waals surface area contributed by atoms with Crippen molar-refractivity contribution in [3.05, 3.63) is 45.4 Å². The van der Waals surface area contributed by atoms with Crippen LogP contribution in [0.25, 0.3) is 0 Å². The fraction of sp³-hybridized carbons (Fsp3) is 0.412. The van der Waals surface area contributed by atoms with Gasteiger partial charge in [-0.05, 0) is 31.5 Å². The Kier molecular flexibility index (Phi) is 6.08. The molecule has 0 bridgehead atoms. The fourth-order valence-corrected chi connectivity index (χ4v) is 6.05. The molecule has 2 heterocycles. The summed E-state index contributed by atoms with van der Waals surface area (Å²) in [6, 6.07) is 8.26. The average molecular weight is 382 g/mol. The lowest BCUT2D eigenvalue weighted by molar-refractivity contribution is 0.0531. The third-order valence-electron chi connectivity index (χ3n) is 3.44. The van der Waals surface area contributed by atoms with Crippen molar-refractivity contribution in [3.8, 4) is 5.75 Å². The summed E-state index contributed by atoms with van der Waals surface area (Å²) in [6.07, 6.45) is 0. The van der Waals surface area contributed by atoms with Gasteiger partial charge in [0.15, 0.2) is 0 Å². The number of esters is 1. The molecule has 1 aliphatic heterocycles. The number of thiazole rings is 1. The number of aryl methyl sites for hydroxylation is 1. The molecule has 2 aromatic rings. The van der Waals surface area contributed by atoms with E-state index in [4.69, 9.17) is 9.47 Å². The summed E-state index contributed by atoms with van der Waals surface area (Å²) in [5.41, 5.74) is 2.03. The molecule has 0 amide bonds. The second-order valence-corrected chi connectivity index (χ2v) is 8.98. The van der Waals surface area contributed by atoms with Gasteiger partial charge in [-0.2, -0.15) is 0 Å². The van der Waals surface area contributed by atoms with Gasteiger partial charge >= 0.3 is 5.97 Å². The molecular formula is C17H19NO3S3. The molecule has 1 aromatic heterocycles. The number of ether oxygens (including phenoxy) is 2. The van der Waals surface area contributed by atoms with E-state index in [-0.39, 0.29) is 5.97 Å². The van der Waals surface area contributed by atoms with Crippen LogP contribution >= 0.6 is 34.9 Å². The first-order chi connectivity index (χ1) is 11.7. The highest BCUT2D eigenvalue weighted by molar-refractivity contribution is 8.19. The van der Waals surface area contributed by atoms with Crippen LogP contribution in [0, 0.1) is 6.92 Å². The molecule has 4 nitrogen and oxygen atoms in total. The molecule has 1 aliphatic rings. The summed E-state index contributed by atoms with van der Waals surface area (Å²) < 4.78 is 11.4. The van der Waals surface area contributed by atoms with Gasteiger partial charge in [0.1, 0.15) is 22.2 Å². The third-order valence-corrected chi connectivity index (χ3v) is 7.65. The highest BCUT2D eigenvalue weighted by Gasteiger charge is 2.18. The van der Waals surface area contributed by atoms with E-state index in [1.807, 2.05) is 42.6 Å². The van der Waals surface area contributed by atoms with E-state index in [0.29, 0.717) is 28.4 Å². The predicted molar refractivity (Wildman–Crippen MR) is 101 cm³/mol. The first-order valence-corrected chi connectivity index (χ1v) is 10.7. The number of benzene rings is 1. The van der Waals surface area contributed by atoms with Crippen LogP contribution in [-0.2, 0) is 11.3 Å². The highest BCUT2D eigenvalue weighted by atomic mass is 32.2. The molecule has 0 unspecified atom stereocenters. The smallest absolute Gasteiger partial charge is 0.350 e. The summed E-state index contributed by atoms with van der Waals surface area (Å²) in [5.74, 6) is 2.95. The lowest BCUT2D eigenvalue weighted by Gasteiger charge is -2.09. The Bertz CT molecular complexity index is 694. The Morgan fingerprint density at radius 3 is 2.62 bits per heavy atom. The maximum Gasteiger partial charge on any atom is 0.350 e. The molecule has 3 rings (SSSR count). The quantitative estimate of drug-likeness (QED) is 0.677. The summed E-state index contributed by atoms with van der Waals surface area (Å²) in [6.45, 7) is 4.34. The number of rotatable bonds is 6. The normalized spacial score (nSPS) is 14.8. The van der Waals surface area contributed by atoms with Crippen molar-refractivity contribution in [2.75, 3.05) is 18.1 Å². The number of hydrogen-bond donors (Lipinski definition) is 0. The number of aromatic nitrogens is 1. The van der Waals surface area contributed by atoms with Crippen LogP contribution in [0.4, 0.5) is 0 Å². The summed E-state index contributed by atoms with van der Waals surface area (Å²) >= 11 is 5.32. The van der Waals surface area contributed by atoms with Crippen molar-refractivity contribution < 1.29 is 14.3 Å². The lowest BCUT2D eigenvalue weighted by Crippen LogP contribution is -2.03. The topological polar surface area (TPSA) is 48.4 Å². The molecule has 24 heavy (non-hydrogen) atoms. The molecule has 0 saturated carbocycles. The van der Waals surface area contributed by atoms with Gasteiger partial charge in [0.05, 0.1) is 16.9 Å². The Hall–Kier alpha value is -1.18. The van der Waals surface area contributed by atoms with Crippen molar-refractivity contribution in [1.29, 1.82) is 0 Å².